The Balaban J connectivity index is 1.56. The Hall–Kier alpha value is -3.64. The van der Waals surface area contributed by atoms with E-state index in [2.05, 4.69) is 15.2 Å². The first-order valence-electron chi connectivity index (χ1n) is 13.3. The predicted octanol–water partition coefficient (Wildman–Crippen LogP) is 7.35. The molecule has 0 saturated carbocycles. The number of ether oxygens (including phenoxy) is 2. The molecule has 1 N–H and O–H groups in total. The summed E-state index contributed by atoms with van der Waals surface area (Å²) in [5.74, 6) is -0.523. The Kier molecular flexibility index (Phi) is 9.86. The molecule has 0 spiro atoms. The lowest BCUT2D eigenvalue weighted by molar-refractivity contribution is -0.132. The molecule has 1 fully saturated rings. The van der Waals surface area contributed by atoms with Crippen LogP contribution >= 0.6 is 46.3 Å². The first-order valence-corrected chi connectivity index (χ1v) is 15.9. The number of amides is 1. The van der Waals surface area contributed by atoms with Crippen LogP contribution in [0, 0.1) is 0 Å². The van der Waals surface area contributed by atoms with E-state index >= 15 is 0 Å². The standard InChI is InChI=1S/C30H26Cl2N4O5S2/c1-3-13-41-22-8-6-18(14-23(22)40-4-2)25-24(26(37)17-9-11-33-12-10-17)27(38)28(39)36(25)29-34-35-30(43-29)42-16-19-5-7-20(31)15-21(19)32/h5-12,14-15,25,37H,3-4,13,16H2,1-2H3/b26-24+. The number of carbonyl (C=O) groups is 2. The molecule has 1 unspecified atom stereocenters. The van der Waals surface area contributed by atoms with Crippen LogP contribution in [-0.4, -0.2) is 45.2 Å². The number of aliphatic hydroxyl groups is 1. The fourth-order valence-electron chi connectivity index (χ4n) is 4.44. The zero-order chi connectivity index (χ0) is 30.5. The van der Waals surface area contributed by atoms with E-state index in [-0.39, 0.29) is 16.5 Å². The van der Waals surface area contributed by atoms with Crippen molar-refractivity contribution in [2.75, 3.05) is 18.1 Å². The van der Waals surface area contributed by atoms with Gasteiger partial charge in [-0.25, -0.2) is 0 Å². The quantitative estimate of drug-likeness (QED) is 0.0582. The van der Waals surface area contributed by atoms with Crippen LogP contribution in [0.15, 0.2) is 70.8 Å². The molecule has 2 aromatic carbocycles. The highest BCUT2D eigenvalue weighted by atomic mass is 35.5. The third-order valence-electron chi connectivity index (χ3n) is 6.41. The van der Waals surface area contributed by atoms with E-state index in [0.717, 1.165) is 23.3 Å². The summed E-state index contributed by atoms with van der Waals surface area (Å²) in [5, 5.41) is 21.1. The number of hydrogen-bond donors (Lipinski definition) is 1. The van der Waals surface area contributed by atoms with Crippen molar-refractivity contribution in [2.45, 2.75) is 36.4 Å². The number of anilines is 1. The second-order valence-electron chi connectivity index (χ2n) is 9.27. The zero-order valence-corrected chi connectivity index (χ0v) is 26.3. The summed E-state index contributed by atoms with van der Waals surface area (Å²) in [4.78, 5) is 32.4. The van der Waals surface area contributed by atoms with Gasteiger partial charge in [0, 0.05) is 33.8 Å². The first-order chi connectivity index (χ1) is 20.8. The molecule has 9 nitrogen and oxygen atoms in total. The van der Waals surface area contributed by atoms with Gasteiger partial charge in [0.1, 0.15) is 5.76 Å². The molecule has 1 amide bonds. The van der Waals surface area contributed by atoms with Crippen LogP contribution in [0.3, 0.4) is 0 Å². The predicted molar refractivity (Wildman–Crippen MR) is 168 cm³/mol. The van der Waals surface area contributed by atoms with Crippen molar-refractivity contribution in [3.63, 3.8) is 0 Å². The van der Waals surface area contributed by atoms with E-state index in [1.54, 1.807) is 42.5 Å². The molecule has 0 bridgehead atoms. The number of benzene rings is 2. The number of hydrogen-bond acceptors (Lipinski definition) is 10. The third kappa shape index (κ3) is 6.65. The monoisotopic (exact) mass is 656 g/mol. The van der Waals surface area contributed by atoms with Crippen LogP contribution in [0.25, 0.3) is 5.76 Å². The molecule has 3 heterocycles. The van der Waals surface area contributed by atoms with Crippen molar-refractivity contribution >= 4 is 68.9 Å². The van der Waals surface area contributed by atoms with Gasteiger partial charge in [-0.2, -0.15) is 0 Å². The van der Waals surface area contributed by atoms with Crippen molar-refractivity contribution in [3.05, 3.63) is 93.2 Å². The molecule has 1 aliphatic heterocycles. The number of aliphatic hydroxyl groups excluding tert-OH is 1. The summed E-state index contributed by atoms with van der Waals surface area (Å²) in [6, 6.07) is 12.6. The van der Waals surface area contributed by atoms with Gasteiger partial charge in [0.2, 0.25) is 5.13 Å². The maximum absolute atomic E-state index is 13.6. The number of pyridine rings is 1. The maximum Gasteiger partial charge on any atom is 0.301 e. The molecule has 1 saturated heterocycles. The molecule has 43 heavy (non-hydrogen) atoms. The molecule has 1 aliphatic rings. The summed E-state index contributed by atoms with van der Waals surface area (Å²) in [6.07, 6.45) is 3.80. The Morgan fingerprint density at radius 2 is 1.81 bits per heavy atom. The molecular weight excluding hydrogens is 631 g/mol. The highest BCUT2D eigenvalue weighted by Crippen LogP contribution is 2.45. The molecule has 0 radical (unpaired) electrons. The van der Waals surface area contributed by atoms with Crippen LogP contribution in [0.1, 0.15) is 43.0 Å². The van der Waals surface area contributed by atoms with E-state index in [9.17, 15) is 14.7 Å². The average Bonchev–Trinajstić information content (AvgIpc) is 3.58. The summed E-state index contributed by atoms with van der Waals surface area (Å²) < 4.78 is 12.3. The second-order valence-corrected chi connectivity index (χ2v) is 12.3. The number of halogens is 2. The number of rotatable bonds is 11. The largest absolute Gasteiger partial charge is 0.507 e. The zero-order valence-electron chi connectivity index (χ0n) is 23.1. The number of Topliss-reactive ketones (excluding diaryl/α,β-unsaturated/α-hetero) is 1. The molecular formula is C30H26Cl2N4O5S2. The number of aromatic nitrogens is 3. The van der Waals surface area contributed by atoms with Gasteiger partial charge in [-0.15, -0.1) is 10.2 Å². The molecule has 1 atom stereocenters. The van der Waals surface area contributed by atoms with Crippen molar-refractivity contribution in [2.24, 2.45) is 0 Å². The lowest BCUT2D eigenvalue weighted by Gasteiger charge is -2.23. The third-order valence-corrected chi connectivity index (χ3v) is 9.10. The Morgan fingerprint density at radius 3 is 2.53 bits per heavy atom. The Labute approximate surface area is 266 Å². The van der Waals surface area contributed by atoms with Gasteiger partial charge in [-0.1, -0.05) is 65.4 Å². The highest BCUT2D eigenvalue weighted by Gasteiger charge is 2.48. The van der Waals surface area contributed by atoms with Gasteiger partial charge in [-0.3, -0.25) is 19.5 Å². The van der Waals surface area contributed by atoms with Gasteiger partial charge in [0.05, 0.1) is 24.8 Å². The summed E-state index contributed by atoms with van der Waals surface area (Å²) in [7, 11) is 0. The summed E-state index contributed by atoms with van der Waals surface area (Å²) in [6.45, 7) is 4.72. The van der Waals surface area contributed by atoms with Gasteiger partial charge in [0.15, 0.2) is 15.8 Å². The Bertz CT molecular complexity index is 1680. The molecule has 13 heteroatoms. The fourth-order valence-corrected chi connectivity index (χ4v) is 6.87. The van der Waals surface area contributed by atoms with Gasteiger partial charge in [0.25, 0.3) is 5.78 Å². The average molecular weight is 658 g/mol. The number of carbonyl (C=O) groups excluding carboxylic acids is 2. The number of ketones is 1. The van der Waals surface area contributed by atoms with Crippen LogP contribution < -0.4 is 14.4 Å². The highest BCUT2D eigenvalue weighted by molar-refractivity contribution is 8.00. The molecule has 4 aromatic rings. The Morgan fingerprint density at radius 1 is 1.02 bits per heavy atom. The summed E-state index contributed by atoms with van der Waals surface area (Å²) >= 11 is 14.9. The van der Waals surface area contributed by atoms with E-state index < -0.39 is 17.7 Å². The second kappa shape index (κ2) is 13.8. The van der Waals surface area contributed by atoms with E-state index in [1.165, 1.54) is 29.1 Å². The fraction of sp³-hybridized carbons (Fsp3) is 0.233. The number of nitrogens with zero attached hydrogens (tertiary/aromatic N) is 4. The smallest absolute Gasteiger partial charge is 0.301 e. The minimum atomic E-state index is -1.01. The van der Waals surface area contributed by atoms with E-state index in [4.69, 9.17) is 32.7 Å². The lowest BCUT2D eigenvalue weighted by Crippen LogP contribution is -2.29. The van der Waals surface area contributed by atoms with Crippen molar-refractivity contribution in [1.29, 1.82) is 0 Å². The molecule has 2 aromatic heterocycles. The lowest BCUT2D eigenvalue weighted by atomic mass is 9.95. The SMILES string of the molecule is CCCOc1ccc(C2/C(=C(\O)c3ccncc3)C(=O)C(=O)N2c2nnc(SCc3ccc(Cl)cc3Cl)s2)cc1OCC. The normalized spacial score (nSPS) is 16.1. The van der Waals surface area contributed by atoms with Crippen molar-refractivity contribution in [3.8, 4) is 11.5 Å². The van der Waals surface area contributed by atoms with E-state index in [0.29, 0.717) is 56.0 Å². The van der Waals surface area contributed by atoms with Crippen molar-refractivity contribution in [1.82, 2.24) is 15.2 Å². The first kappa shape index (κ1) is 30.8. The van der Waals surface area contributed by atoms with Crippen LogP contribution in [0.2, 0.25) is 10.0 Å². The van der Waals surface area contributed by atoms with Crippen LogP contribution in [0.4, 0.5) is 5.13 Å². The van der Waals surface area contributed by atoms with Crippen molar-refractivity contribution < 1.29 is 24.2 Å². The van der Waals surface area contributed by atoms with Gasteiger partial charge >= 0.3 is 5.91 Å². The van der Waals surface area contributed by atoms with Crippen LogP contribution in [0.5, 0.6) is 11.5 Å². The minimum Gasteiger partial charge on any atom is -0.507 e. The van der Waals surface area contributed by atoms with Crippen LogP contribution in [-0.2, 0) is 15.3 Å². The van der Waals surface area contributed by atoms with Gasteiger partial charge in [-0.05, 0) is 60.9 Å². The molecule has 5 rings (SSSR count). The van der Waals surface area contributed by atoms with E-state index in [1.807, 2.05) is 19.9 Å². The minimum absolute atomic E-state index is 0.0850. The van der Waals surface area contributed by atoms with Gasteiger partial charge < -0.3 is 14.6 Å². The maximum atomic E-state index is 13.6. The molecule has 0 aliphatic carbocycles. The summed E-state index contributed by atoms with van der Waals surface area (Å²) in [5.41, 5.74) is 1.65. The number of thioether (sulfide) groups is 1. The topological polar surface area (TPSA) is 115 Å². The molecule has 222 valence electrons.